The molecule has 1 aromatic heterocycles. The van der Waals surface area contributed by atoms with Gasteiger partial charge in [-0.2, -0.15) is 5.10 Å². The van der Waals surface area contributed by atoms with Crippen LogP contribution in [0.25, 0.3) is 0 Å². The van der Waals surface area contributed by atoms with E-state index in [4.69, 9.17) is 0 Å². The Morgan fingerprint density at radius 2 is 2.00 bits per heavy atom. The third kappa shape index (κ3) is 4.36. The maximum absolute atomic E-state index is 4.20. The molecule has 19 heavy (non-hydrogen) atoms. The molecule has 0 atom stereocenters. The second kappa shape index (κ2) is 6.73. The fourth-order valence-corrected chi connectivity index (χ4v) is 2.43. The minimum Gasteiger partial charge on any atom is -0.312 e. The smallest absolute Gasteiger partial charge is 0.190 e. The van der Waals surface area contributed by atoms with Crippen LogP contribution in [0.4, 0.5) is 0 Å². The first-order valence-electron chi connectivity index (χ1n) is 6.46. The van der Waals surface area contributed by atoms with Crippen molar-refractivity contribution in [2.24, 2.45) is 13.0 Å². The molecule has 0 aliphatic carbocycles. The van der Waals surface area contributed by atoms with Gasteiger partial charge in [0.1, 0.15) is 6.33 Å². The van der Waals surface area contributed by atoms with E-state index in [2.05, 4.69) is 53.5 Å². The highest BCUT2D eigenvalue weighted by molar-refractivity contribution is 7.99. The van der Waals surface area contributed by atoms with Gasteiger partial charge in [0.2, 0.25) is 0 Å². The van der Waals surface area contributed by atoms with E-state index in [1.165, 1.54) is 10.5 Å². The topological polar surface area (TPSA) is 42.7 Å². The number of aryl methyl sites for hydroxylation is 1. The van der Waals surface area contributed by atoms with Crippen LogP contribution in [-0.2, 0) is 13.6 Å². The highest BCUT2D eigenvalue weighted by atomic mass is 32.2. The molecule has 0 spiro atoms. The zero-order valence-corrected chi connectivity index (χ0v) is 12.4. The molecule has 1 N–H and O–H groups in total. The zero-order chi connectivity index (χ0) is 13.7. The number of hydrogen-bond acceptors (Lipinski definition) is 4. The molecule has 0 radical (unpaired) electrons. The molecule has 0 saturated heterocycles. The SMILES string of the molecule is CC(C)CNCc1ccc(Sc2ncnn2C)cc1. The summed E-state index contributed by atoms with van der Waals surface area (Å²) in [4.78, 5) is 5.39. The van der Waals surface area contributed by atoms with E-state index in [-0.39, 0.29) is 0 Å². The Labute approximate surface area is 118 Å². The summed E-state index contributed by atoms with van der Waals surface area (Å²) in [5.74, 6) is 0.686. The molecule has 2 aromatic rings. The Morgan fingerprint density at radius 3 is 2.58 bits per heavy atom. The Kier molecular flexibility index (Phi) is 4.99. The number of aromatic nitrogens is 3. The number of hydrogen-bond donors (Lipinski definition) is 1. The lowest BCUT2D eigenvalue weighted by atomic mass is 10.2. The predicted molar refractivity (Wildman–Crippen MR) is 78.1 cm³/mol. The second-order valence-corrected chi connectivity index (χ2v) is 5.98. The molecule has 5 heteroatoms. The van der Waals surface area contributed by atoms with Crippen molar-refractivity contribution in [1.29, 1.82) is 0 Å². The molecule has 0 fully saturated rings. The average molecular weight is 276 g/mol. The number of nitrogens with one attached hydrogen (secondary N) is 1. The van der Waals surface area contributed by atoms with Crippen molar-refractivity contribution < 1.29 is 0 Å². The van der Waals surface area contributed by atoms with Crippen LogP contribution in [0, 0.1) is 5.92 Å². The Bertz CT molecular complexity index is 504. The van der Waals surface area contributed by atoms with E-state index in [9.17, 15) is 0 Å². The van der Waals surface area contributed by atoms with Crippen molar-refractivity contribution in [2.45, 2.75) is 30.4 Å². The molecule has 0 bridgehead atoms. The fourth-order valence-electron chi connectivity index (χ4n) is 1.66. The number of benzene rings is 1. The number of rotatable bonds is 6. The van der Waals surface area contributed by atoms with Gasteiger partial charge in [0.25, 0.3) is 0 Å². The Hall–Kier alpha value is -1.33. The van der Waals surface area contributed by atoms with E-state index < -0.39 is 0 Å². The average Bonchev–Trinajstić information content (AvgIpc) is 2.77. The van der Waals surface area contributed by atoms with Gasteiger partial charge in [-0.15, -0.1) is 0 Å². The van der Waals surface area contributed by atoms with E-state index in [1.54, 1.807) is 22.8 Å². The normalized spacial score (nSPS) is 11.2. The molecule has 0 aliphatic heterocycles. The summed E-state index contributed by atoms with van der Waals surface area (Å²) in [5, 5.41) is 8.41. The monoisotopic (exact) mass is 276 g/mol. The minimum atomic E-state index is 0.686. The van der Waals surface area contributed by atoms with E-state index in [1.807, 2.05) is 7.05 Å². The molecule has 2 rings (SSSR count). The van der Waals surface area contributed by atoms with Crippen LogP contribution in [0.3, 0.4) is 0 Å². The second-order valence-electron chi connectivity index (χ2n) is 4.94. The van der Waals surface area contributed by atoms with E-state index in [0.29, 0.717) is 5.92 Å². The molecule has 0 unspecified atom stereocenters. The molecular weight excluding hydrogens is 256 g/mol. The van der Waals surface area contributed by atoms with Gasteiger partial charge >= 0.3 is 0 Å². The van der Waals surface area contributed by atoms with Gasteiger partial charge in [-0.3, -0.25) is 0 Å². The molecule has 0 aliphatic rings. The maximum atomic E-state index is 4.20. The summed E-state index contributed by atoms with van der Waals surface area (Å²) in [6, 6.07) is 8.58. The summed E-state index contributed by atoms with van der Waals surface area (Å²) >= 11 is 1.63. The van der Waals surface area contributed by atoms with Crippen molar-refractivity contribution in [2.75, 3.05) is 6.54 Å². The lowest BCUT2D eigenvalue weighted by molar-refractivity contribution is 0.552. The molecule has 4 nitrogen and oxygen atoms in total. The van der Waals surface area contributed by atoms with Crippen LogP contribution in [-0.4, -0.2) is 21.3 Å². The van der Waals surface area contributed by atoms with Gasteiger partial charge in [-0.1, -0.05) is 37.7 Å². The summed E-state index contributed by atoms with van der Waals surface area (Å²) in [6.07, 6.45) is 1.58. The molecule has 0 saturated carbocycles. The van der Waals surface area contributed by atoms with Gasteiger partial charge in [0.15, 0.2) is 5.16 Å². The van der Waals surface area contributed by atoms with Crippen molar-refractivity contribution >= 4 is 11.8 Å². The van der Waals surface area contributed by atoms with Crippen LogP contribution in [0.1, 0.15) is 19.4 Å². The van der Waals surface area contributed by atoms with Crippen molar-refractivity contribution in [3.63, 3.8) is 0 Å². The molecule has 1 heterocycles. The van der Waals surface area contributed by atoms with Gasteiger partial charge in [-0.25, -0.2) is 9.67 Å². The van der Waals surface area contributed by atoms with Gasteiger partial charge in [0, 0.05) is 18.5 Å². The standard InChI is InChI=1S/C14H20N4S/c1-11(2)8-15-9-12-4-6-13(7-5-12)19-14-16-10-17-18(14)3/h4-7,10-11,15H,8-9H2,1-3H3. The Morgan fingerprint density at radius 1 is 1.26 bits per heavy atom. The van der Waals surface area contributed by atoms with Gasteiger partial charge < -0.3 is 5.32 Å². The van der Waals surface area contributed by atoms with Crippen LogP contribution >= 0.6 is 11.8 Å². The van der Waals surface area contributed by atoms with Crippen molar-refractivity contribution in [3.8, 4) is 0 Å². The van der Waals surface area contributed by atoms with E-state index in [0.717, 1.165) is 18.2 Å². The summed E-state index contributed by atoms with van der Waals surface area (Å²) in [5.41, 5.74) is 1.31. The summed E-state index contributed by atoms with van der Waals surface area (Å²) < 4.78 is 1.78. The third-order valence-corrected chi connectivity index (χ3v) is 3.74. The lowest BCUT2D eigenvalue weighted by Crippen LogP contribution is -2.18. The molecule has 102 valence electrons. The third-order valence-electron chi connectivity index (χ3n) is 2.68. The quantitative estimate of drug-likeness (QED) is 0.881. The van der Waals surface area contributed by atoms with Crippen LogP contribution in [0.2, 0.25) is 0 Å². The first-order valence-corrected chi connectivity index (χ1v) is 7.28. The van der Waals surface area contributed by atoms with Crippen molar-refractivity contribution in [1.82, 2.24) is 20.1 Å². The van der Waals surface area contributed by atoms with Crippen LogP contribution < -0.4 is 5.32 Å². The first-order chi connectivity index (χ1) is 9.15. The number of nitrogens with zero attached hydrogens (tertiary/aromatic N) is 3. The van der Waals surface area contributed by atoms with Crippen LogP contribution in [0.5, 0.6) is 0 Å². The van der Waals surface area contributed by atoms with E-state index >= 15 is 0 Å². The zero-order valence-electron chi connectivity index (χ0n) is 11.6. The van der Waals surface area contributed by atoms with Crippen LogP contribution in [0.15, 0.2) is 40.6 Å². The lowest BCUT2D eigenvalue weighted by Gasteiger charge is -2.08. The Balaban J connectivity index is 1.89. The molecule has 1 aromatic carbocycles. The summed E-state index contributed by atoms with van der Waals surface area (Å²) in [6.45, 7) is 6.41. The summed E-state index contributed by atoms with van der Waals surface area (Å²) in [7, 11) is 1.90. The van der Waals surface area contributed by atoms with Gasteiger partial charge in [0.05, 0.1) is 0 Å². The van der Waals surface area contributed by atoms with Crippen molar-refractivity contribution in [3.05, 3.63) is 36.2 Å². The molecule has 0 amide bonds. The largest absolute Gasteiger partial charge is 0.312 e. The highest BCUT2D eigenvalue weighted by Gasteiger charge is 2.03. The maximum Gasteiger partial charge on any atom is 0.190 e. The first kappa shape index (κ1) is 14.1. The van der Waals surface area contributed by atoms with Gasteiger partial charge in [-0.05, 0) is 30.2 Å². The molecular formula is C14H20N4S. The minimum absolute atomic E-state index is 0.686. The fraction of sp³-hybridized carbons (Fsp3) is 0.429. The predicted octanol–water partition coefficient (Wildman–Crippen LogP) is 2.71. The highest BCUT2D eigenvalue weighted by Crippen LogP contribution is 2.25.